The van der Waals surface area contributed by atoms with Crippen molar-refractivity contribution in [2.75, 3.05) is 34.4 Å². The third kappa shape index (κ3) is 4.66. The van der Waals surface area contributed by atoms with E-state index >= 15 is 0 Å². The van der Waals surface area contributed by atoms with Crippen LogP contribution >= 0.6 is 12.4 Å². The van der Waals surface area contributed by atoms with Crippen LogP contribution in [0.15, 0.2) is 42.5 Å². The molecule has 0 fully saturated rings. The number of ether oxygens (including phenoxy) is 3. The molecule has 0 spiro atoms. The number of halogens is 1. The largest absolute Gasteiger partial charge is 0.493 e. The number of nitrogens with zero attached hydrogens (tertiary/aromatic N) is 1. The molecule has 0 saturated carbocycles. The number of rotatable bonds is 6. The topological polar surface area (TPSA) is 30.9 Å². The Morgan fingerprint density at radius 2 is 1.76 bits per heavy atom. The normalized spacial score (nSPS) is 16.1. The van der Waals surface area contributed by atoms with Gasteiger partial charge in [0, 0.05) is 13.1 Å². The van der Waals surface area contributed by atoms with Crippen molar-refractivity contribution in [1.29, 1.82) is 0 Å². The molecule has 0 aliphatic carbocycles. The maximum absolute atomic E-state index is 6.05. The molecule has 0 saturated heterocycles. The van der Waals surface area contributed by atoms with Gasteiger partial charge in [-0.05, 0) is 42.3 Å². The summed E-state index contributed by atoms with van der Waals surface area (Å²) in [7, 11) is 5.48. The summed E-state index contributed by atoms with van der Waals surface area (Å²) >= 11 is 0. The van der Waals surface area contributed by atoms with Crippen LogP contribution < -0.4 is 9.47 Å². The van der Waals surface area contributed by atoms with E-state index in [2.05, 4.69) is 48.3 Å². The SMILES string of the molecule is COc1cc2c(cc1OC)C(CN(C)Cc1ccccc1)OCC2.Cl. The molecule has 0 aromatic heterocycles. The van der Waals surface area contributed by atoms with E-state index in [-0.39, 0.29) is 18.5 Å². The van der Waals surface area contributed by atoms with Gasteiger partial charge in [-0.2, -0.15) is 0 Å². The second-order valence-corrected chi connectivity index (χ2v) is 6.20. The summed E-state index contributed by atoms with van der Waals surface area (Å²) < 4.78 is 16.9. The van der Waals surface area contributed by atoms with Gasteiger partial charge in [-0.25, -0.2) is 0 Å². The van der Waals surface area contributed by atoms with E-state index in [4.69, 9.17) is 14.2 Å². The Hall–Kier alpha value is -1.75. The van der Waals surface area contributed by atoms with Gasteiger partial charge in [0.1, 0.15) is 0 Å². The van der Waals surface area contributed by atoms with Crippen LogP contribution in [0.2, 0.25) is 0 Å². The van der Waals surface area contributed by atoms with Crippen molar-refractivity contribution in [3.8, 4) is 11.5 Å². The van der Waals surface area contributed by atoms with Gasteiger partial charge in [-0.1, -0.05) is 30.3 Å². The Balaban J connectivity index is 0.00000225. The minimum absolute atomic E-state index is 0. The molecule has 1 unspecified atom stereocenters. The third-order valence-electron chi connectivity index (χ3n) is 4.46. The number of benzene rings is 2. The predicted molar refractivity (Wildman–Crippen MR) is 102 cm³/mol. The van der Waals surface area contributed by atoms with Crippen LogP contribution in [0.4, 0.5) is 0 Å². The molecule has 1 heterocycles. The Morgan fingerprint density at radius 3 is 2.44 bits per heavy atom. The van der Waals surface area contributed by atoms with Gasteiger partial charge in [0.15, 0.2) is 11.5 Å². The fraction of sp³-hybridized carbons (Fsp3) is 0.400. The summed E-state index contributed by atoms with van der Waals surface area (Å²) in [6, 6.07) is 14.7. The number of hydrogen-bond donors (Lipinski definition) is 0. The zero-order valence-corrected chi connectivity index (χ0v) is 15.8. The first kappa shape index (κ1) is 19.6. The summed E-state index contributed by atoms with van der Waals surface area (Å²) in [5.74, 6) is 1.55. The minimum Gasteiger partial charge on any atom is -0.493 e. The lowest BCUT2D eigenvalue weighted by atomic mass is 9.96. The lowest BCUT2D eigenvalue weighted by Crippen LogP contribution is -2.29. The summed E-state index contributed by atoms with van der Waals surface area (Å²) in [6.07, 6.45) is 0.969. The molecule has 5 heteroatoms. The molecule has 1 aliphatic heterocycles. The standard InChI is InChI=1S/C20H25NO3.ClH/c1-21(13-15-7-5-4-6-8-15)14-20-17-12-19(23-3)18(22-2)11-16(17)9-10-24-20;/h4-8,11-12,20H,9-10,13-14H2,1-3H3;1H. The fourth-order valence-electron chi connectivity index (χ4n) is 3.25. The molecule has 0 bridgehead atoms. The highest BCUT2D eigenvalue weighted by molar-refractivity contribution is 5.85. The highest BCUT2D eigenvalue weighted by atomic mass is 35.5. The van der Waals surface area contributed by atoms with Gasteiger partial charge in [-0.15, -0.1) is 12.4 Å². The molecule has 1 aliphatic rings. The van der Waals surface area contributed by atoms with E-state index in [1.165, 1.54) is 16.7 Å². The quantitative estimate of drug-likeness (QED) is 0.779. The molecule has 2 aromatic carbocycles. The molecule has 1 atom stereocenters. The smallest absolute Gasteiger partial charge is 0.161 e. The highest BCUT2D eigenvalue weighted by Gasteiger charge is 2.24. The number of hydrogen-bond acceptors (Lipinski definition) is 4. The van der Waals surface area contributed by atoms with E-state index in [9.17, 15) is 0 Å². The van der Waals surface area contributed by atoms with Crippen LogP contribution in [0.25, 0.3) is 0 Å². The molecular formula is C20H26ClNO3. The van der Waals surface area contributed by atoms with Crippen molar-refractivity contribution < 1.29 is 14.2 Å². The number of likely N-dealkylation sites (N-methyl/N-ethyl adjacent to an activating group) is 1. The van der Waals surface area contributed by atoms with Crippen LogP contribution in [-0.2, 0) is 17.7 Å². The van der Waals surface area contributed by atoms with Gasteiger partial charge in [0.2, 0.25) is 0 Å². The van der Waals surface area contributed by atoms with Crippen LogP contribution in [0.1, 0.15) is 22.8 Å². The Labute approximate surface area is 156 Å². The molecule has 3 rings (SSSR count). The first-order valence-corrected chi connectivity index (χ1v) is 8.30. The van der Waals surface area contributed by atoms with E-state index in [0.29, 0.717) is 0 Å². The lowest BCUT2D eigenvalue weighted by molar-refractivity contribution is 0.0194. The van der Waals surface area contributed by atoms with Gasteiger partial charge >= 0.3 is 0 Å². The molecule has 2 aromatic rings. The van der Waals surface area contributed by atoms with E-state index in [0.717, 1.165) is 37.6 Å². The molecular weight excluding hydrogens is 338 g/mol. The Bertz CT molecular complexity index is 678. The summed E-state index contributed by atoms with van der Waals surface area (Å²) in [5, 5.41) is 0. The van der Waals surface area contributed by atoms with Crippen molar-refractivity contribution in [3.05, 3.63) is 59.2 Å². The number of methoxy groups -OCH3 is 2. The van der Waals surface area contributed by atoms with Crippen LogP contribution in [0, 0.1) is 0 Å². The van der Waals surface area contributed by atoms with Crippen LogP contribution in [0.3, 0.4) is 0 Å². The zero-order chi connectivity index (χ0) is 16.9. The predicted octanol–water partition coefficient (Wildman–Crippen LogP) is 3.87. The van der Waals surface area contributed by atoms with Gasteiger partial charge in [-0.3, -0.25) is 4.90 Å². The van der Waals surface area contributed by atoms with Gasteiger partial charge < -0.3 is 14.2 Å². The van der Waals surface area contributed by atoms with Gasteiger partial charge in [0.05, 0.1) is 26.9 Å². The monoisotopic (exact) mass is 363 g/mol. The third-order valence-corrected chi connectivity index (χ3v) is 4.46. The number of fused-ring (bicyclic) bond motifs is 1. The average molecular weight is 364 g/mol. The second kappa shape index (κ2) is 9.09. The summed E-state index contributed by atoms with van der Waals surface area (Å²) in [5.41, 5.74) is 3.80. The van der Waals surface area contributed by atoms with E-state index in [1.54, 1.807) is 14.2 Å². The average Bonchev–Trinajstić information content (AvgIpc) is 2.61. The Kier molecular flexibility index (Phi) is 7.12. The van der Waals surface area contributed by atoms with Crippen LogP contribution in [0.5, 0.6) is 11.5 Å². The van der Waals surface area contributed by atoms with E-state index in [1.807, 2.05) is 6.07 Å². The van der Waals surface area contributed by atoms with Crippen molar-refractivity contribution in [2.45, 2.75) is 19.1 Å². The summed E-state index contributed by atoms with van der Waals surface area (Å²) in [4.78, 5) is 2.30. The first-order valence-electron chi connectivity index (χ1n) is 8.30. The maximum Gasteiger partial charge on any atom is 0.161 e. The Morgan fingerprint density at radius 1 is 1.08 bits per heavy atom. The molecule has 4 nitrogen and oxygen atoms in total. The lowest BCUT2D eigenvalue weighted by Gasteiger charge is -2.30. The van der Waals surface area contributed by atoms with Crippen molar-refractivity contribution in [3.63, 3.8) is 0 Å². The van der Waals surface area contributed by atoms with Crippen LogP contribution in [-0.4, -0.2) is 39.3 Å². The van der Waals surface area contributed by atoms with Crippen molar-refractivity contribution in [2.24, 2.45) is 0 Å². The first-order chi connectivity index (χ1) is 11.7. The summed E-state index contributed by atoms with van der Waals surface area (Å²) in [6.45, 7) is 2.49. The van der Waals surface area contributed by atoms with Crippen molar-refractivity contribution in [1.82, 2.24) is 4.90 Å². The molecule has 0 amide bonds. The fourth-order valence-corrected chi connectivity index (χ4v) is 3.25. The molecule has 0 radical (unpaired) electrons. The molecule has 0 N–H and O–H groups in total. The minimum atomic E-state index is 0. The molecule has 25 heavy (non-hydrogen) atoms. The van der Waals surface area contributed by atoms with E-state index < -0.39 is 0 Å². The maximum atomic E-state index is 6.05. The van der Waals surface area contributed by atoms with Crippen molar-refractivity contribution >= 4 is 12.4 Å². The second-order valence-electron chi connectivity index (χ2n) is 6.20. The highest BCUT2D eigenvalue weighted by Crippen LogP contribution is 2.37. The zero-order valence-electron chi connectivity index (χ0n) is 15.0. The van der Waals surface area contributed by atoms with Gasteiger partial charge in [0.25, 0.3) is 0 Å². The molecule has 136 valence electrons.